The number of fused-ring (bicyclic) bond motifs is 7. The number of aromatic nitrogens is 1. The molecular weight excluding hydrogens is 346 g/mol. The molecule has 138 valence electrons. The molecular formula is C22H26ClNO2. The Hall–Kier alpha value is -1.19. The molecule has 2 saturated carbocycles. The molecule has 1 aromatic heterocycles. The number of hydrogen-bond donors (Lipinski definition) is 1. The number of pyridine rings is 1. The molecule has 0 aliphatic heterocycles. The molecule has 6 atom stereocenters. The first-order valence-electron chi connectivity index (χ1n) is 9.92. The van der Waals surface area contributed by atoms with Crippen LogP contribution in [0.2, 0.25) is 5.15 Å². The molecule has 4 aliphatic rings. The second-order valence-electron chi connectivity index (χ2n) is 9.43. The van der Waals surface area contributed by atoms with E-state index in [0.717, 1.165) is 37.8 Å². The van der Waals surface area contributed by atoms with Crippen molar-refractivity contribution in [1.82, 2.24) is 4.98 Å². The highest BCUT2D eigenvalue weighted by atomic mass is 35.5. The number of aliphatic hydroxyl groups excluding tert-OH is 1. The van der Waals surface area contributed by atoms with Gasteiger partial charge in [-0.25, -0.2) is 4.98 Å². The summed E-state index contributed by atoms with van der Waals surface area (Å²) in [6, 6.07) is 3.99. The maximum absolute atomic E-state index is 13.2. The Labute approximate surface area is 159 Å². The van der Waals surface area contributed by atoms with E-state index in [-0.39, 0.29) is 28.6 Å². The quantitative estimate of drug-likeness (QED) is 0.693. The first kappa shape index (κ1) is 16.9. The van der Waals surface area contributed by atoms with Crippen LogP contribution in [0.4, 0.5) is 0 Å². The van der Waals surface area contributed by atoms with Gasteiger partial charge in [-0.15, -0.1) is 0 Å². The van der Waals surface area contributed by atoms with Crippen molar-refractivity contribution < 1.29 is 9.90 Å². The van der Waals surface area contributed by atoms with Crippen LogP contribution in [0, 0.1) is 23.2 Å². The highest BCUT2D eigenvalue weighted by Crippen LogP contribution is 2.63. The van der Waals surface area contributed by atoms with E-state index in [2.05, 4.69) is 24.9 Å². The van der Waals surface area contributed by atoms with Crippen LogP contribution in [0.5, 0.6) is 0 Å². The van der Waals surface area contributed by atoms with Crippen molar-refractivity contribution in [2.75, 3.05) is 0 Å². The average Bonchev–Trinajstić information content (AvgIpc) is 2.89. The van der Waals surface area contributed by atoms with Crippen molar-refractivity contribution >= 4 is 17.4 Å². The third kappa shape index (κ3) is 2.10. The van der Waals surface area contributed by atoms with Crippen LogP contribution in [0.15, 0.2) is 23.8 Å². The number of aliphatic hydroxyl groups is 1. The number of allylic oxidation sites excluding steroid dienone is 1. The van der Waals surface area contributed by atoms with Crippen molar-refractivity contribution in [2.45, 2.75) is 63.9 Å². The van der Waals surface area contributed by atoms with E-state index >= 15 is 0 Å². The molecule has 1 heterocycles. The number of nitrogens with zero attached hydrogens (tertiary/aromatic N) is 1. The Morgan fingerprint density at radius 3 is 2.69 bits per heavy atom. The van der Waals surface area contributed by atoms with Gasteiger partial charge >= 0.3 is 0 Å². The van der Waals surface area contributed by atoms with E-state index in [1.54, 1.807) is 0 Å². The zero-order chi connectivity index (χ0) is 18.3. The van der Waals surface area contributed by atoms with Crippen molar-refractivity contribution in [3.05, 3.63) is 40.2 Å². The highest BCUT2D eigenvalue weighted by molar-refractivity contribution is 6.29. The summed E-state index contributed by atoms with van der Waals surface area (Å²) >= 11 is 6.20. The number of rotatable bonds is 0. The van der Waals surface area contributed by atoms with Gasteiger partial charge in [-0.05, 0) is 73.5 Å². The number of halogens is 1. The summed E-state index contributed by atoms with van der Waals surface area (Å²) in [6.45, 7) is 4.64. The molecule has 5 rings (SSSR count). The number of ketones is 1. The SMILES string of the molecule is C[C@]12CC[C@H](O)CC1=CC(=O)C1[C@@H]2CC[C@]2(C)c3nc(Cl)ccc3C[C@@H]12. The van der Waals surface area contributed by atoms with E-state index in [1.807, 2.05) is 12.1 Å². The summed E-state index contributed by atoms with van der Waals surface area (Å²) < 4.78 is 0. The fraction of sp³-hybridized carbons (Fsp3) is 0.636. The summed E-state index contributed by atoms with van der Waals surface area (Å²) in [6.07, 6.45) is 7.20. The second kappa shape index (κ2) is 5.42. The third-order valence-corrected chi connectivity index (χ3v) is 8.45. The average molecular weight is 372 g/mol. The monoisotopic (exact) mass is 371 g/mol. The van der Waals surface area contributed by atoms with E-state index < -0.39 is 0 Å². The van der Waals surface area contributed by atoms with Crippen LogP contribution in [0.3, 0.4) is 0 Å². The molecule has 0 radical (unpaired) electrons. The van der Waals surface area contributed by atoms with E-state index in [0.29, 0.717) is 23.4 Å². The number of carbonyl (C=O) groups excluding carboxylic acids is 1. The van der Waals surface area contributed by atoms with Crippen LogP contribution in [-0.2, 0) is 16.6 Å². The van der Waals surface area contributed by atoms with Gasteiger partial charge in [-0.3, -0.25) is 4.79 Å². The minimum Gasteiger partial charge on any atom is -0.393 e. The number of carbonyl (C=O) groups is 1. The predicted octanol–water partition coefficient (Wildman–Crippen LogP) is 4.25. The van der Waals surface area contributed by atoms with Gasteiger partial charge in [-0.2, -0.15) is 0 Å². The van der Waals surface area contributed by atoms with Crippen molar-refractivity contribution in [1.29, 1.82) is 0 Å². The Kier molecular flexibility index (Phi) is 3.53. The Morgan fingerprint density at radius 2 is 1.88 bits per heavy atom. The Morgan fingerprint density at radius 1 is 1.12 bits per heavy atom. The lowest BCUT2D eigenvalue weighted by molar-refractivity contribution is -0.130. The van der Waals surface area contributed by atoms with Gasteiger partial charge in [0.15, 0.2) is 5.78 Å². The summed E-state index contributed by atoms with van der Waals surface area (Å²) in [4.78, 5) is 17.9. The van der Waals surface area contributed by atoms with E-state index in [4.69, 9.17) is 11.6 Å². The summed E-state index contributed by atoms with van der Waals surface area (Å²) in [5.41, 5.74) is 3.61. The molecule has 3 nitrogen and oxygen atoms in total. The van der Waals surface area contributed by atoms with Gasteiger partial charge in [0.05, 0.1) is 11.8 Å². The van der Waals surface area contributed by atoms with Gasteiger partial charge in [-0.1, -0.05) is 37.1 Å². The van der Waals surface area contributed by atoms with E-state index in [1.165, 1.54) is 11.1 Å². The molecule has 1 N–H and O–H groups in total. The maximum atomic E-state index is 13.2. The minimum absolute atomic E-state index is 0.0487. The summed E-state index contributed by atoms with van der Waals surface area (Å²) in [5.74, 6) is 1.07. The Bertz CT molecular complexity index is 833. The van der Waals surface area contributed by atoms with Crippen molar-refractivity contribution in [3.63, 3.8) is 0 Å². The summed E-state index contributed by atoms with van der Waals surface area (Å²) in [7, 11) is 0. The van der Waals surface area contributed by atoms with Crippen LogP contribution < -0.4 is 0 Å². The highest BCUT2D eigenvalue weighted by Gasteiger charge is 2.60. The largest absolute Gasteiger partial charge is 0.393 e. The molecule has 1 unspecified atom stereocenters. The lowest BCUT2D eigenvalue weighted by Gasteiger charge is -2.56. The molecule has 0 aromatic carbocycles. The van der Waals surface area contributed by atoms with Gasteiger partial charge in [0, 0.05) is 11.3 Å². The van der Waals surface area contributed by atoms with Crippen LogP contribution in [-0.4, -0.2) is 22.0 Å². The molecule has 0 spiro atoms. The van der Waals surface area contributed by atoms with Crippen LogP contribution in [0.1, 0.15) is 57.2 Å². The minimum atomic E-state index is -0.283. The Balaban J connectivity index is 1.59. The lowest BCUT2D eigenvalue weighted by Crippen LogP contribution is -2.54. The molecule has 0 bridgehead atoms. The summed E-state index contributed by atoms with van der Waals surface area (Å²) in [5, 5.41) is 10.7. The van der Waals surface area contributed by atoms with Gasteiger partial charge in [0.25, 0.3) is 0 Å². The second-order valence-corrected chi connectivity index (χ2v) is 9.81. The molecule has 4 aliphatic carbocycles. The number of hydrogen-bond acceptors (Lipinski definition) is 3. The molecule has 2 fully saturated rings. The topological polar surface area (TPSA) is 50.2 Å². The molecule has 26 heavy (non-hydrogen) atoms. The normalized spacial score (nSPS) is 43.8. The molecule has 0 saturated heterocycles. The standard InChI is InChI=1S/C22H26ClNO2/c1-21-7-5-14(25)10-13(21)11-17(26)19-15(21)6-8-22(2)16(19)9-12-3-4-18(23)24-20(12)22/h3-4,11,14-16,19,25H,5-10H2,1-2H3/t14-,15-,16-,19?,21-,22-/m0/s1. The van der Waals surface area contributed by atoms with Crippen LogP contribution >= 0.6 is 11.6 Å². The van der Waals surface area contributed by atoms with Crippen molar-refractivity contribution in [2.24, 2.45) is 23.2 Å². The first-order valence-corrected chi connectivity index (χ1v) is 10.3. The third-order valence-electron chi connectivity index (χ3n) is 8.24. The molecule has 4 heteroatoms. The predicted molar refractivity (Wildman–Crippen MR) is 101 cm³/mol. The zero-order valence-corrected chi connectivity index (χ0v) is 16.2. The van der Waals surface area contributed by atoms with Gasteiger partial charge in [0.2, 0.25) is 0 Å². The van der Waals surface area contributed by atoms with E-state index in [9.17, 15) is 9.90 Å². The van der Waals surface area contributed by atoms with Gasteiger partial charge in [0.1, 0.15) is 5.15 Å². The van der Waals surface area contributed by atoms with Crippen LogP contribution in [0.25, 0.3) is 0 Å². The fourth-order valence-electron chi connectivity index (χ4n) is 6.75. The first-order chi connectivity index (χ1) is 12.3. The molecule has 1 aromatic rings. The fourth-order valence-corrected chi connectivity index (χ4v) is 6.89. The molecule has 0 amide bonds. The zero-order valence-electron chi connectivity index (χ0n) is 15.5. The van der Waals surface area contributed by atoms with Crippen molar-refractivity contribution in [3.8, 4) is 0 Å². The lowest BCUT2D eigenvalue weighted by atomic mass is 9.47. The van der Waals surface area contributed by atoms with Gasteiger partial charge < -0.3 is 5.11 Å². The smallest absolute Gasteiger partial charge is 0.159 e. The maximum Gasteiger partial charge on any atom is 0.159 e.